The van der Waals surface area contributed by atoms with E-state index in [2.05, 4.69) is 4.98 Å². The molecular weight excluding hydrogens is 429 g/mol. The average Bonchev–Trinajstić information content (AvgIpc) is 2.69. The third-order valence-corrected chi connectivity index (χ3v) is 4.67. The van der Waals surface area contributed by atoms with Crippen LogP contribution in [0.15, 0.2) is 33.9 Å². The molecule has 2 rings (SSSR count). The minimum absolute atomic E-state index is 0.0245. The molecule has 11 heteroatoms. The topological polar surface area (TPSA) is 110 Å². The highest BCUT2D eigenvalue weighted by atomic mass is 19.4. The van der Waals surface area contributed by atoms with E-state index in [4.69, 9.17) is 10.5 Å². The first-order valence-corrected chi connectivity index (χ1v) is 10.0. The fourth-order valence-electron chi connectivity index (χ4n) is 3.24. The Morgan fingerprint density at radius 1 is 1.28 bits per heavy atom. The molecule has 1 heterocycles. The summed E-state index contributed by atoms with van der Waals surface area (Å²) in [6, 6.07) is 4.41. The van der Waals surface area contributed by atoms with Gasteiger partial charge in [-0.1, -0.05) is 32.0 Å². The second-order valence-corrected chi connectivity index (χ2v) is 7.76. The van der Waals surface area contributed by atoms with Crippen LogP contribution in [0, 0.1) is 5.92 Å². The van der Waals surface area contributed by atoms with Crippen LogP contribution in [-0.2, 0) is 28.7 Å². The molecule has 3 N–H and O–H groups in total. The number of benzene rings is 1. The van der Waals surface area contributed by atoms with Crippen molar-refractivity contribution in [1.82, 2.24) is 9.55 Å². The van der Waals surface area contributed by atoms with Crippen molar-refractivity contribution in [2.75, 3.05) is 30.9 Å². The number of nitrogens with one attached hydrogen (secondary N) is 1. The van der Waals surface area contributed by atoms with E-state index in [1.54, 1.807) is 0 Å². The van der Waals surface area contributed by atoms with Gasteiger partial charge in [-0.05, 0) is 24.0 Å². The van der Waals surface area contributed by atoms with Gasteiger partial charge < -0.3 is 15.4 Å². The Bertz CT molecular complexity index is 1060. The van der Waals surface area contributed by atoms with Crippen LogP contribution in [0.3, 0.4) is 0 Å². The largest absolute Gasteiger partial charge is 0.416 e. The standard InChI is InChI=1S/C21H27F3N4O4/c1-13(2)12-28-18(25)17(19(30)26-20(28)31)27(8-5-9-32-3)16(29)11-14-6-4-7-15(10-14)21(22,23)24/h4,6-7,10,13H,5,8-9,11-12,25H2,1-3H3,(H,26,30,31). The number of anilines is 2. The molecule has 0 unspecified atom stereocenters. The smallest absolute Gasteiger partial charge is 0.385 e. The Labute approximate surface area is 182 Å². The molecule has 32 heavy (non-hydrogen) atoms. The molecule has 0 aliphatic heterocycles. The highest BCUT2D eigenvalue weighted by molar-refractivity contribution is 5.96. The molecule has 0 spiro atoms. The molecule has 0 atom stereocenters. The van der Waals surface area contributed by atoms with Crippen LogP contribution in [0.1, 0.15) is 31.4 Å². The summed E-state index contributed by atoms with van der Waals surface area (Å²) in [7, 11) is 1.47. The van der Waals surface area contributed by atoms with Gasteiger partial charge in [0.25, 0.3) is 5.56 Å². The highest BCUT2D eigenvalue weighted by Gasteiger charge is 2.31. The summed E-state index contributed by atoms with van der Waals surface area (Å²) in [4.78, 5) is 41.2. The number of hydrogen-bond donors (Lipinski definition) is 2. The number of carbonyl (C=O) groups is 1. The number of methoxy groups -OCH3 is 1. The van der Waals surface area contributed by atoms with E-state index >= 15 is 0 Å². The van der Waals surface area contributed by atoms with Crippen molar-refractivity contribution < 1.29 is 22.7 Å². The quantitative estimate of drug-likeness (QED) is 0.563. The van der Waals surface area contributed by atoms with Crippen LogP contribution in [0.25, 0.3) is 0 Å². The maximum atomic E-state index is 13.1. The second-order valence-electron chi connectivity index (χ2n) is 7.76. The van der Waals surface area contributed by atoms with Gasteiger partial charge in [0.05, 0.1) is 12.0 Å². The second kappa shape index (κ2) is 10.5. The van der Waals surface area contributed by atoms with Crippen molar-refractivity contribution in [1.29, 1.82) is 0 Å². The van der Waals surface area contributed by atoms with E-state index in [-0.39, 0.29) is 49.1 Å². The first-order valence-electron chi connectivity index (χ1n) is 10.0. The summed E-state index contributed by atoms with van der Waals surface area (Å²) in [5.74, 6) is -0.786. The zero-order valence-electron chi connectivity index (χ0n) is 18.2. The molecule has 2 aromatic rings. The fourth-order valence-corrected chi connectivity index (χ4v) is 3.24. The van der Waals surface area contributed by atoms with Crippen molar-refractivity contribution in [3.8, 4) is 0 Å². The van der Waals surface area contributed by atoms with Gasteiger partial charge in [-0.25, -0.2) is 4.79 Å². The Kier molecular flexibility index (Phi) is 8.25. The Morgan fingerprint density at radius 2 is 1.97 bits per heavy atom. The van der Waals surface area contributed by atoms with E-state index < -0.39 is 28.9 Å². The number of H-pyrrole nitrogens is 1. The molecule has 0 aliphatic carbocycles. The number of carbonyl (C=O) groups excluding carboxylic acids is 1. The molecular formula is C21H27F3N4O4. The number of nitrogens with zero attached hydrogens (tertiary/aromatic N) is 2. The molecule has 0 bridgehead atoms. The summed E-state index contributed by atoms with van der Waals surface area (Å²) in [5, 5.41) is 0. The molecule has 0 fully saturated rings. The Hall–Kier alpha value is -3.08. The van der Waals surface area contributed by atoms with Crippen LogP contribution >= 0.6 is 0 Å². The lowest BCUT2D eigenvalue weighted by molar-refractivity contribution is -0.137. The summed E-state index contributed by atoms with van der Waals surface area (Å²) in [5.41, 5.74) is 3.62. The van der Waals surface area contributed by atoms with Gasteiger partial charge in [-0.2, -0.15) is 13.2 Å². The number of amides is 1. The van der Waals surface area contributed by atoms with Crippen molar-refractivity contribution >= 4 is 17.4 Å². The lowest BCUT2D eigenvalue weighted by Crippen LogP contribution is -2.42. The van der Waals surface area contributed by atoms with Crippen LogP contribution in [0.5, 0.6) is 0 Å². The first-order chi connectivity index (χ1) is 15.0. The van der Waals surface area contributed by atoms with E-state index in [1.807, 2.05) is 13.8 Å². The number of aromatic nitrogens is 2. The molecule has 0 radical (unpaired) electrons. The summed E-state index contributed by atoms with van der Waals surface area (Å²) in [6.45, 7) is 4.22. The molecule has 0 saturated heterocycles. The third-order valence-electron chi connectivity index (χ3n) is 4.67. The van der Waals surface area contributed by atoms with Gasteiger partial charge in [0.2, 0.25) is 5.91 Å². The summed E-state index contributed by atoms with van der Waals surface area (Å²) in [6.07, 6.45) is -4.60. The Balaban J connectivity index is 2.48. The molecule has 8 nitrogen and oxygen atoms in total. The Morgan fingerprint density at radius 3 is 2.56 bits per heavy atom. The first kappa shape index (κ1) is 25.2. The number of rotatable bonds is 9. The summed E-state index contributed by atoms with van der Waals surface area (Å²) >= 11 is 0. The fraction of sp³-hybridized carbons (Fsp3) is 0.476. The third kappa shape index (κ3) is 6.22. The molecule has 1 aromatic carbocycles. The van der Waals surface area contributed by atoms with Crippen LogP contribution in [-0.4, -0.2) is 35.7 Å². The predicted molar refractivity (Wildman–Crippen MR) is 115 cm³/mol. The number of aromatic amines is 1. The SMILES string of the molecule is COCCCN(C(=O)Cc1cccc(C(F)(F)F)c1)c1c(N)n(CC(C)C)c(=O)[nH]c1=O. The van der Waals surface area contributed by atoms with Gasteiger partial charge >= 0.3 is 11.9 Å². The lowest BCUT2D eigenvalue weighted by Gasteiger charge is -2.25. The van der Waals surface area contributed by atoms with Crippen molar-refractivity contribution in [3.05, 3.63) is 56.2 Å². The molecule has 1 aromatic heterocycles. The van der Waals surface area contributed by atoms with Crippen LogP contribution in [0.2, 0.25) is 0 Å². The molecule has 0 aliphatic rings. The number of hydrogen-bond acceptors (Lipinski definition) is 5. The van der Waals surface area contributed by atoms with Crippen molar-refractivity contribution in [2.24, 2.45) is 5.92 Å². The number of alkyl halides is 3. The van der Waals surface area contributed by atoms with Gasteiger partial charge in [-0.3, -0.25) is 19.1 Å². The predicted octanol–water partition coefficient (Wildman–Crippen LogP) is 2.41. The zero-order valence-corrected chi connectivity index (χ0v) is 18.2. The number of nitrogens with two attached hydrogens (primary N) is 1. The molecule has 176 valence electrons. The van der Waals surface area contributed by atoms with Crippen LogP contribution in [0.4, 0.5) is 24.7 Å². The number of ether oxygens (including phenoxy) is 1. The van der Waals surface area contributed by atoms with Crippen molar-refractivity contribution in [3.63, 3.8) is 0 Å². The maximum Gasteiger partial charge on any atom is 0.416 e. The van der Waals surface area contributed by atoms with Gasteiger partial charge in [0.1, 0.15) is 5.82 Å². The van der Waals surface area contributed by atoms with E-state index in [0.29, 0.717) is 6.42 Å². The monoisotopic (exact) mass is 456 g/mol. The minimum Gasteiger partial charge on any atom is -0.385 e. The van der Waals surface area contributed by atoms with E-state index in [0.717, 1.165) is 17.0 Å². The van der Waals surface area contributed by atoms with E-state index in [9.17, 15) is 27.6 Å². The van der Waals surface area contributed by atoms with Crippen molar-refractivity contribution in [2.45, 2.75) is 39.4 Å². The molecule has 1 amide bonds. The molecule has 0 saturated carbocycles. The zero-order chi connectivity index (χ0) is 24.1. The number of halogens is 3. The number of nitrogen functional groups attached to an aromatic ring is 1. The normalized spacial score (nSPS) is 11.7. The maximum absolute atomic E-state index is 13.1. The highest BCUT2D eigenvalue weighted by Crippen LogP contribution is 2.30. The lowest BCUT2D eigenvalue weighted by atomic mass is 10.1. The van der Waals surface area contributed by atoms with E-state index in [1.165, 1.54) is 23.8 Å². The summed E-state index contributed by atoms with van der Waals surface area (Å²) < 4.78 is 45.2. The van der Waals surface area contributed by atoms with Gasteiger partial charge in [0.15, 0.2) is 5.69 Å². The average molecular weight is 456 g/mol. The van der Waals surface area contributed by atoms with Gasteiger partial charge in [0, 0.05) is 26.8 Å². The van der Waals surface area contributed by atoms with Crippen LogP contribution < -0.4 is 21.9 Å². The minimum atomic E-state index is -4.55. The van der Waals surface area contributed by atoms with Gasteiger partial charge in [-0.15, -0.1) is 0 Å².